The number of benzene rings is 4. The molecule has 3 nitrogen and oxygen atoms in total. The lowest BCUT2D eigenvalue weighted by Crippen LogP contribution is -1.91. The van der Waals surface area contributed by atoms with Gasteiger partial charge in [-0.15, -0.1) is 0 Å². The zero-order valence-corrected chi connectivity index (χ0v) is 12.9. The Kier molecular flexibility index (Phi) is 3.39. The number of H-pyrrole nitrogens is 1. The highest BCUT2D eigenvalue weighted by atomic mass is 16.4. The molecule has 0 saturated heterocycles. The van der Waals surface area contributed by atoms with Crippen LogP contribution in [-0.4, -0.2) is 16.1 Å². The van der Waals surface area contributed by atoms with Gasteiger partial charge >= 0.3 is 5.97 Å². The summed E-state index contributed by atoms with van der Waals surface area (Å²) in [5, 5.41) is 16.4. The first kappa shape index (κ1) is 14.3. The predicted molar refractivity (Wildman–Crippen MR) is 97.9 cm³/mol. The van der Waals surface area contributed by atoms with Gasteiger partial charge in [-0.1, -0.05) is 60.7 Å². The standard InChI is InChI=1S/C16H10.C5H5NO2/c1-3-11-7-9-13-5-2-6-14-10-8-12(4-1)15(11)16(13)14;7-5(8)4-1-2-6-3-4/h1-10H;1-3,6H,(H,7,8). The van der Waals surface area contributed by atoms with E-state index in [1.165, 1.54) is 44.6 Å². The smallest absolute Gasteiger partial charge is 0.337 e. The molecule has 0 radical (unpaired) electrons. The van der Waals surface area contributed by atoms with E-state index in [2.05, 4.69) is 65.6 Å². The third-order valence-electron chi connectivity index (χ3n) is 4.24. The molecule has 1 aromatic heterocycles. The van der Waals surface area contributed by atoms with Crippen LogP contribution in [0.4, 0.5) is 0 Å². The molecule has 2 N–H and O–H groups in total. The Morgan fingerprint density at radius 2 is 1.17 bits per heavy atom. The Bertz CT molecular complexity index is 997. The number of aromatic nitrogens is 1. The fourth-order valence-electron chi connectivity index (χ4n) is 3.13. The van der Waals surface area contributed by atoms with Crippen molar-refractivity contribution in [2.75, 3.05) is 0 Å². The van der Waals surface area contributed by atoms with Crippen LogP contribution in [0.15, 0.2) is 79.1 Å². The molecule has 5 aromatic rings. The molecule has 24 heavy (non-hydrogen) atoms. The fourth-order valence-corrected chi connectivity index (χ4v) is 3.13. The first-order chi connectivity index (χ1) is 11.7. The third kappa shape index (κ3) is 2.36. The monoisotopic (exact) mass is 313 g/mol. The zero-order valence-electron chi connectivity index (χ0n) is 12.9. The molecule has 0 saturated carbocycles. The molecule has 3 heteroatoms. The molecule has 0 unspecified atom stereocenters. The summed E-state index contributed by atoms with van der Waals surface area (Å²) in [7, 11) is 0. The van der Waals surface area contributed by atoms with Crippen molar-refractivity contribution in [3.8, 4) is 0 Å². The molecule has 0 aliphatic heterocycles. The van der Waals surface area contributed by atoms with E-state index in [-0.39, 0.29) is 0 Å². The van der Waals surface area contributed by atoms with Gasteiger partial charge in [0.2, 0.25) is 0 Å². The number of aromatic carboxylic acids is 1. The Labute approximate surface area is 138 Å². The van der Waals surface area contributed by atoms with E-state index >= 15 is 0 Å². The summed E-state index contributed by atoms with van der Waals surface area (Å²) < 4.78 is 0. The van der Waals surface area contributed by atoms with E-state index in [9.17, 15) is 4.79 Å². The molecule has 4 aromatic carbocycles. The maximum atomic E-state index is 10.0. The summed E-state index contributed by atoms with van der Waals surface area (Å²) in [5.74, 6) is -0.897. The number of nitrogens with one attached hydrogen (secondary N) is 1. The summed E-state index contributed by atoms with van der Waals surface area (Å²) in [6, 6.07) is 23.4. The number of rotatable bonds is 1. The number of carboxylic acid groups (broad SMARTS) is 1. The molecule has 0 fully saturated rings. The van der Waals surface area contributed by atoms with Gasteiger partial charge in [-0.25, -0.2) is 4.79 Å². The number of hydrogen-bond donors (Lipinski definition) is 2. The lowest BCUT2D eigenvalue weighted by atomic mass is 9.95. The SMILES string of the molecule is O=C(O)c1cc[nH]c1.c1cc2ccc3cccc4ccc(c1)c2c34. The van der Waals surface area contributed by atoms with E-state index in [0.29, 0.717) is 5.56 Å². The quantitative estimate of drug-likeness (QED) is 0.413. The molecule has 0 spiro atoms. The zero-order chi connectivity index (χ0) is 16.5. The highest BCUT2D eigenvalue weighted by molar-refractivity contribution is 6.22. The van der Waals surface area contributed by atoms with Gasteiger partial charge in [0.25, 0.3) is 0 Å². The molecule has 0 bridgehead atoms. The molecule has 1 heterocycles. The van der Waals surface area contributed by atoms with E-state index in [1.54, 1.807) is 6.20 Å². The van der Waals surface area contributed by atoms with Crippen LogP contribution in [0.3, 0.4) is 0 Å². The molecule has 5 rings (SSSR count). The van der Waals surface area contributed by atoms with Crippen molar-refractivity contribution in [1.29, 1.82) is 0 Å². The lowest BCUT2D eigenvalue weighted by molar-refractivity contribution is 0.0697. The van der Waals surface area contributed by atoms with Gasteiger partial charge in [0.05, 0.1) is 5.56 Å². The maximum absolute atomic E-state index is 10.0. The first-order valence-corrected chi connectivity index (χ1v) is 7.73. The highest BCUT2D eigenvalue weighted by Gasteiger charge is 2.06. The molecule has 0 atom stereocenters. The van der Waals surface area contributed by atoms with Crippen molar-refractivity contribution < 1.29 is 9.90 Å². The molecular formula is C21H15NO2. The van der Waals surface area contributed by atoms with Crippen LogP contribution in [0.1, 0.15) is 10.4 Å². The van der Waals surface area contributed by atoms with E-state index in [1.807, 2.05) is 0 Å². The van der Waals surface area contributed by atoms with E-state index < -0.39 is 5.97 Å². The second-order valence-electron chi connectivity index (χ2n) is 5.69. The van der Waals surface area contributed by atoms with Gasteiger partial charge in [-0.3, -0.25) is 0 Å². The average molecular weight is 313 g/mol. The van der Waals surface area contributed by atoms with Crippen LogP contribution < -0.4 is 0 Å². The minimum Gasteiger partial charge on any atom is -0.478 e. The Hall–Kier alpha value is -3.33. The van der Waals surface area contributed by atoms with Crippen molar-refractivity contribution in [1.82, 2.24) is 4.98 Å². The summed E-state index contributed by atoms with van der Waals surface area (Å²) in [6.07, 6.45) is 3.01. The van der Waals surface area contributed by atoms with Crippen molar-refractivity contribution in [3.63, 3.8) is 0 Å². The molecule has 0 amide bonds. The van der Waals surface area contributed by atoms with Gasteiger partial charge < -0.3 is 10.1 Å². The topological polar surface area (TPSA) is 53.1 Å². The van der Waals surface area contributed by atoms with Crippen LogP contribution in [0, 0.1) is 0 Å². The number of aromatic amines is 1. The van der Waals surface area contributed by atoms with E-state index in [4.69, 9.17) is 5.11 Å². The van der Waals surface area contributed by atoms with Crippen molar-refractivity contribution in [2.45, 2.75) is 0 Å². The third-order valence-corrected chi connectivity index (χ3v) is 4.24. The van der Waals surface area contributed by atoms with Crippen LogP contribution >= 0.6 is 0 Å². The van der Waals surface area contributed by atoms with Crippen LogP contribution in [0.2, 0.25) is 0 Å². The predicted octanol–water partition coefficient (Wildman–Crippen LogP) is 5.30. The van der Waals surface area contributed by atoms with Crippen molar-refractivity contribution >= 4 is 38.3 Å². The van der Waals surface area contributed by atoms with Gasteiger partial charge in [0, 0.05) is 12.4 Å². The Morgan fingerprint density at radius 3 is 1.46 bits per heavy atom. The number of hydrogen-bond acceptors (Lipinski definition) is 1. The summed E-state index contributed by atoms with van der Waals surface area (Å²) in [6.45, 7) is 0. The van der Waals surface area contributed by atoms with Crippen LogP contribution in [-0.2, 0) is 0 Å². The van der Waals surface area contributed by atoms with Crippen LogP contribution in [0.25, 0.3) is 32.3 Å². The average Bonchev–Trinajstić information content (AvgIpc) is 3.16. The minimum atomic E-state index is -0.897. The molecular weight excluding hydrogens is 298 g/mol. The lowest BCUT2D eigenvalue weighted by Gasteiger charge is -2.09. The second-order valence-corrected chi connectivity index (χ2v) is 5.69. The molecule has 116 valence electrons. The summed E-state index contributed by atoms with van der Waals surface area (Å²) >= 11 is 0. The Morgan fingerprint density at radius 1 is 0.708 bits per heavy atom. The second kappa shape index (κ2) is 5.70. The largest absolute Gasteiger partial charge is 0.478 e. The van der Waals surface area contributed by atoms with E-state index in [0.717, 1.165) is 0 Å². The van der Waals surface area contributed by atoms with Gasteiger partial charge in [0.1, 0.15) is 0 Å². The molecule has 0 aliphatic rings. The number of carbonyl (C=O) groups is 1. The highest BCUT2D eigenvalue weighted by Crippen LogP contribution is 2.33. The Balaban J connectivity index is 0.000000155. The summed E-state index contributed by atoms with van der Waals surface area (Å²) in [4.78, 5) is 12.7. The summed E-state index contributed by atoms with van der Waals surface area (Å²) in [5.41, 5.74) is 0.296. The van der Waals surface area contributed by atoms with Gasteiger partial charge in [0.15, 0.2) is 0 Å². The minimum absolute atomic E-state index is 0.296. The van der Waals surface area contributed by atoms with Crippen LogP contribution in [0.5, 0.6) is 0 Å². The normalized spacial score (nSPS) is 10.8. The first-order valence-electron chi connectivity index (χ1n) is 7.73. The van der Waals surface area contributed by atoms with Gasteiger partial charge in [-0.2, -0.15) is 0 Å². The van der Waals surface area contributed by atoms with Crippen molar-refractivity contribution in [2.24, 2.45) is 0 Å². The van der Waals surface area contributed by atoms with Crippen molar-refractivity contribution in [3.05, 3.63) is 84.7 Å². The fraction of sp³-hybridized carbons (Fsp3) is 0. The molecule has 0 aliphatic carbocycles. The maximum Gasteiger partial charge on any atom is 0.337 e. The van der Waals surface area contributed by atoms with Gasteiger partial charge in [-0.05, 0) is 38.4 Å². The number of carboxylic acids is 1.